The summed E-state index contributed by atoms with van der Waals surface area (Å²) in [5.41, 5.74) is 0.580. The minimum absolute atomic E-state index is 0.129. The van der Waals surface area contributed by atoms with E-state index in [1.807, 2.05) is 0 Å². The zero-order valence-electron chi connectivity index (χ0n) is 10.6. The van der Waals surface area contributed by atoms with Gasteiger partial charge in [0.2, 0.25) is 4.77 Å². The minimum atomic E-state index is 0.129. The van der Waals surface area contributed by atoms with Gasteiger partial charge in [-0.3, -0.25) is 5.10 Å². The van der Waals surface area contributed by atoms with Gasteiger partial charge >= 0.3 is 0 Å². The highest BCUT2D eigenvalue weighted by molar-refractivity contribution is 9.11. The Labute approximate surface area is 138 Å². The molecular weight excluding hydrogens is 408 g/mol. The number of hydrogen-bond acceptors (Lipinski definition) is 4. The van der Waals surface area contributed by atoms with Crippen LogP contribution in [0.1, 0.15) is 24.7 Å². The molecule has 0 spiro atoms. The standard InChI is InChI=1S/C12H12Br2N4OS/c1-2-3-10-16-17-12(20)18(10)15-6-7-4-8(13)5-9(14)11(7)19/h4-6,19H,2-3H2,1H3,(H,17,20)/b15-6+. The molecule has 1 aromatic carbocycles. The van der Waals surface area contributed by atoms with Crippen LogP contribution in [0.25, 0.3) is 0 Å². The highest BCUT2D eigenvalue weighted by Crippen LogP contribution is 2.30. The van der Waals surface area contributed by atoms with Crippen LogP contribution in [0.3, 0.4) is 0 Å². The predicted octanol–water partition coefficient (Wildman–Crippen LogP) is 4.01. The monoisotopic (exact) mass is 418 g/mol. The molecule has 0 fully saturated rings. The Morgan fingerprint density at radius 3 is 2.95 bits per heavy atom. The number of nitrogens with zero attached hydrogens (tertiary/aromatic N) is 3. The summed E-state index contributed by atoms with van der Waals surface area (Å²) in [6.07, 6.45) is 3.27. The zero-order chi connectivity index (χ0) is 14.7. The summed E-state index contributed by atoms with van der Waals surface area (Å²) in [7, 11) is 0. The summed E-state index contributed by atoms with van der Waals surface area (Å²) in [4.78, 5) is 0. The maximum atomic E-state index is 9.97. The van der Waals surface area contributed by atoms with Gasteiger partial charge in [-0.2, -0.15) is 14.9 Å². The highest BCUT2D eigenvalue weighted by atomic mass is 79.9. The van der Waals surface area contributed by atoms with Crippen molar-refractivity contribution in [2.45, 2.75) is 19.8 Å². The van der Waals surface area contributed by atoms with Crippen LogP contribution in [0, 0.1) is 4.77 Å². The Kier molecular flexibility index (Phi) is 5.11. The van der Waals surface area contributed by atoms with Crippen molar-refractivity contribution in [3.63, 3.8) is 0 Å². The normalized spacial score (nSPS) is 11.3. The fourth-order valence-corrected chi connectivity index (χ4v) is 3.09. The molecule has 1 aromatic heterocycles. The number of hydrogen-bond donors (Lipinski definition) is 2. The van der Waals surface area contributed by atoms with Gasteiger partial charge in [0.05, 0.1) is 10.7 Å². The summed E-state index contributed by atoms with van der Waals surface area (Å²) in [6.45, 7) is 2.06. The lowest BCUT2D eigenvalue weighted by atomic mass is 10.2. The van der Waals surface area contributed by atoms with Crippen molar-refractivity contribution in [1.82, 2.24) is 14.9 Å². The van der Waals surface area contributed by atoms with Crippen LogP contribution in [0.15, 0.2) is 26.2 Å². The lowest BCUT2D eigenvalue weighted by molar-refractivity contribution is 0.471. The number of aryl methyl sites for hydroxylation is 1. The Morgan fingerprint density at radius 2 is 2.25 bits per heavy atom. The molecule has 0 amide bonds. The van der Waals surface area contributed by atoms with Gasteiger partial charge in [0.25, 0.3) is 0 Å². The number of phenolic OH excluding ortho intramolecular Hbond substituents is 1. The fourth-order valence-electron chi connectivity index (χ4n) is 1.63. The van der Waals surface area contributed by atoms with Crippen molar-refractivity contribution in [1.29, 1.82) is 0 Å². The van der Waals surface area contributed by atoms with Crippen LogP contribution < -0.4 is 0 Å². The van der Waals surface area contributed by atoms with E-state index in [1.165, 1.54) is 0 Å². The van der Waals surface area contributed by atoms with E-state index in [2.05, 4.69) is 54.1 Å². The molecule has 20 heavy (non-hydrogen) atoms. The van der Waals surface area contributed by atoms with Crippen LogP contribution in [0.2, 0.25) is 0 Å². The number of phenols is 1. The van der Waals surface area contributed by atoms with E-state index >= 15 is 0 Å². The van der Waals surface area contributed by atoms with Crippen LogP contribution in [-0.4, -0.2) is 26.2 Å². The maximum Gasteiger partial charge on any atom is 0.216 e. The zero-order valence-corrected chi connectivity index (χ0v) is 14.6. The summed E-state index contributed by atoms with van der Waals surface area (Å²) in [5.74, 6) is 0.895. The average molecular weight is 420 g/mol. The van der Waals surface area contributed by atoms with E-state index in [1.54, 1.807) is 23.0 Å². The molecule has 8 heteroatoms. The lowest BCUT2D eigenvalue weighted by Crippen LogP contribution is -1.99. The molecule has 0 aliphatic carbocycles. The Bertz CT molecular complexity index is 708. The first-order valence-corrected chi connectivity index (χ1v) is 7.91. The van der Waals surface area contributed by atoms with Gasteiger partial charge in [-0.1, -0.05) is 22.9 Å². The van der Waals surface area contributed by atoms with Crippen molar-refractivity contribution in [2.24, 2.45) is 5.10 Å². The first kappa shape index (κ1) is 15.4. The Morgan fingerprint density at radius 1 is 1.50 bits per heavy atom. The third-order valence-electron chi connectivity index (χ3n) is 2.56. The van der Waals surface area contributed by atoms with Crippen molar-refractivity contribution >= 4 is 50.3 Å². The van der Waals surface area contributed by atoms with Crippen molar-refractivity contribution < 1.29 is 5.11 Å². The van der Waals surface area contributed by atoms with E-state index in [9.17, 15) is 5.11 Å². The van der Waals surface area contributed by atoms with Crippen molar-refractivity contribution in [3.8, 4) is 5.75 Å². The Balaban J connectivity index is 2.39. The molecule has 0 aliphatic heterocycles. The van der Waals surface area contributed by atoms with Crippen LogP contribution in [0.4, 0.5) is 0 Å². The second-order valence-corrected chi connectivity index (χ2v) is 6.23. The number of rotatable bonds is 4. The molecule has 0 saturated carbocycles. The molecule has 0 saturated heterocycles. The summed E-state index contributed by atoms with van der Waals surface area (Å²) in [6, 6.07) is 3.53. The molecule has 0 unspecified atom stereocenters. The van der Waals surface area contributed by atoms with Crippen molar-refractivity contribution in [2.75, 3.05) is 0 Å². The maximum absolute atomic E-state index is 9.97. The number of aromatic nitrogens is 3. The second-order valence-electron chi connectivity index (χ2n) is 4.08. The van der Waals surface area contributed by atoms with Crippen LogP contribution in [0.5, 0.6) is 5.75 Å². The molecule has 5 nitrogen and oxygen atoms in total. The molecule has 0 bridgehead atoms. The van der Waals surface area contributed by atoms with Crippen molar-refractivity contribution in [3.05, 3.63) is 37.2 Å². The molecule has 2 aromatic rings. The molecule has 2 rings (SSSR count). The number of halogens is 2. The lowest BCUT2D eigenvalue weighted by Gasteiger charge is -2.03. The van der Waals surface area contributed by atoms with Crippen LogP contribution in [-0.2, 0) is 6.42 Å². The van der Waals surface area contributed by atoms with E-state index in [0.717, 1.165) is 23.1 Å². The smallest absolute Gasteiger partial charge is 0.216 e. The second kappa shape index (κ2) is 6.64. The quantitative estimate of drug-likeness (QED) is 0.581. The number of nitrogens with one attached hydrogen (secondary N) is 1. The fraction of sp³-hybridized carbons (Fsp3) is 0.250. The first-order chi connectivity index (χ1) is 9.52. The minimum Gasteiger partial charge on any atom is -0.506 e. The molecule has 0 radical (unpaired) electrons. The third-order valence-corrected chi connectivity index (χ3v) is 3.89. The summed E-state index contributed by atoms with van der Waals surface area (Å²) < 4.78 is 3.43. The summed E-state index contributed by atoms with van der Waals surface area (Å²) >= 11 is 11.8. The number of aromatic amines is 1. The first-order valence-electron chi connectivity index (χ1n) is 5.91. The predicted molar refractivity (Wildman–Crippen MR) is 87.9 cm³/mol. The van der Waals surface area contributed by atoms with Gasteiger partial charge < -0.3 is 5.11 Å². The van der Waals surface area contributed by atoms with Gasteiger partial charge in [0, 0.05) is 16.5 Å². The third kappa shape index (κ3) is 3.36. The largest absolute Gasteiger partial charge is 0.506 e. The van der Waals surface area contributed by atoms with E-state index in [4.69, 9.17) is 12.2 Å². The van der Waals surface area contributed by atoms with Gasteiger partial charge in [0.1, 0.15) is 5.75 Å². The van der Waals surface area contributed by atoms with Gasteiger partial charge in [-0.15, -0.1) is 0 Å². The highest BCUT2D eigenvalue weighted by Gasteiger charge is 2.07. The summed E-state index contributed by atoms with van der Waals surface area (Å²) in [5, 5.41) is 21.1. The molecule has 1 heterocycles. The van der Waals surface area contributed by atoms with E-state index in [0.29, 0.717) is 14.8 Å². The van der Waals surface area contributed by atoms with E-state index in [-0.39, 0.29) is 5.75 Å². The van der Waals surface area contributed by atoms with Gasteiger partial charge in [0.15, 0.2) is 5.82 Å². The van der Waals surface area contributed by atoms with Gasteiger partial charge in [-0.05, 0) is 46.7 Å². The molecule has 106 valence electrons. The molecular formula is C12H12Br2N4OS. The topological polar surface area (TPSA) is 66.2 Å². The Hall–Kier alpha value is -0.990. The number of aromatic hydroxyl groups is 1. The van der Waals surface area contributed by atoms with Gasteiger partial charge in [-0.25, -0.2) is 0 Å². The number of benzene rings is 1. The average Bonchev–Trinajstić information content (AvgIpc) is 2.74. The molecule has 0 aliphatic rings. The van der Waals surface area contributed by atoms with E-state index < -0.39 is 0 Å². The SMILES string of the molecule is CCCc1n[nH]c(=S)n1/N=C/c1cc(Br)cc(Br)c1O. The molecule has 0 atom stereocenters. The molecule has 2 N–H and O–H groups in total. The van der Waals surface area contributed by atoms with Crippen LogP contribution >= 0.6 is 44.1 Å². The number of H-pyrrole nitrogens is 1.